The van der Waals surface area contributed by atoms with Gasteiger partial charge in [0.05, 0.1) is 5.56 Å². The lowest BCUT2D eigenvalue weighted by Crippen LogP contribution is -2.13. The third-order valence-corrected chi connectivity index (χ3v) is 3.54. The average molecular weight is 349 g/mol. The summed E-state index contributed by atoms with van der Waals surface area (Å²) in [5, 5.41) is 2.86. The molecule has 0 fully saturated rings. The van der Waals surface area contributed by atoms with Gasteiger partial charge in [-0.1, -0.05) is 17.7 Å². The molecule has 0 heterocycles. The summed E-state index contributed by atoms with van der Waals surface area (Å²) in [6.07, 6.45) is 0. The fraction of sp³-hybridized carbons (Fsp3) is 0.188. The molecular formula is C16H17BrN2O2. The van der Waals surface area contributed by atoms with Crippen LogP contribution in [-0.4, -0.2) is 19.1 Å². The summed E-state index contributed by atoms with van der Waals surface area (Å²) in [6.45, 7) is 2.85. The molecule has 4 nitrogen and oxygen atoms in total. The first kappa shape index (κ1) is 15.5. The molecule has 0 aliphatic rings. The molecular weight excluding hydrogens is 332 g/mol. The zero-order valence-electron chi connectivity index (χ0n) is 11.7. The van der Waals surface area contributed by atoms with Crippen molar-refractivity contribution < 1.29 is 9.53 Å². The second-order valence-electron chi connectivity index (χ2n) is 4.60. The van der Waals surface area contributed by atoms with Crippen LogP contribution in [0, 0.1) is 6.92 Å². The number of rotatable bonds is 5. The largest absolute Gasteiger partial charge is 0.492 e. The average Bonchev–Trinajstić information content (AvgIpc) is 2.48. The molecule has 0 spiro atoms. The van der Waals surface area contributed by atoms with Crippen molar-refractivity contribution in [2.75, 3.05) is 18.5 Å². The molecule has 0 aliphatic heterocycles. The highest BCUT2D eigenvalue weighted by molar-refractivity contribution is 9.10. The minimum atomic E-state index is -0.165. The van der Waals surface area contributed by atoms with E-state index in [1.807, 2.05) is 43.3 Å². The number of aryl methyl sites for hydroxylation is 1. The third kappa shape index (κ3) is 4.31. The van der Waals surface area contributed by atoms with Crippen molar-refractivity contribution in [1.29, 1.82) is 0 Å². The lowest BCUT2D eigenvalue weighted by molar-refractivity contribution is 0.102. The molecule has 0 saturated carbocycles. The van der Waals surface area contributed by atoms with Crippen LogP contribution >= 0.6 is 15.9 Å². The minimum absolute atomic E-state index is 0.165. The SMILES string of the molecule is Cc1ccc(Br)c(C(=O)Nc2cccc(OCCN)c2)c1. The van der Waals surface area contributed by atoms with Crippen molar-refractivity contribution in [2.45, 2.75) is 6.92 Å². The maximum atomic E-state index is 12.3. The fourth-order valence-electron chi connectivity index (χ4n) is 1.85. The minimum Gasteiger partial charge on any atom is -0.492 e. The number of anilines is 1. The van der Waals surface area contributed by atoms with Crippen LogP contribution in [-0.2, 0) is 0 Å². The molecule has 0 bridgehead atoms. The van der Waals surface area contributed by atoms with Gasteiger partial charge < -0.3 is 15.8 Å². The predicted molar refractivity (Wildman–Crippen MR) is 87.8 cm³/mol. The molecule has 2 aromatic rings. The maximum Gasteiger partial charge on any atom is 0.256 e. The van der Waals surface area contributed by atoms with E-state index in [1.165, 1.54) is 0 Å². The van der Waals surface area contributed by atoms with E-state index >= 15 is 0 Å². The molecule has 0 unspecified atom stereocenters. The van der Waals surface area contributed by atoms with E-state index < -0.39 is 0 Å². The number of nitrogens with two attached hydrogens (primary N) is 1. The fourth-order valence-corrected chi connectivity index (χ4v) is 2.28. The number of halogens is 1. The van der Waals surface area contributed by atoms with Crippen LogP contribution in [0.2, 0.25) is 0 Å². The van der Waals surface area contributed by atoms with Crippen LogP contribution in [0.4, 0.5) is 5.69 Å². The van der Waals surface area contributed by atoms with Crippen molar-refractivity contribution in [3.8, 4) is 5.75 Å². The Balaban J connectivity index is 2.14. The number of nitrogens with one attached hydrogen (secondary N) is 1. The van der Waals surface area contributed by atoms with Crippen LogP contribution in [0.25, 0.3) is 0 Å². The highest BCUT2D eigenvalue weighted by atomic mass is 79.9. The zero-order valence-corrected chi connectivity index (χ0v) is 13.3. The van der Waals surface area contributed by atoms with Crippen molar-refractivity contribution >= 4 is 27.5 Å². The predicted octanol–water partition coefficient (Wildman–Crippen LogP) is 3.35. The monoisotopic (exact) mass is 348 g/mol. The van der Waals surface area contributed by atoms with E-state index in [9.17, 15) is 4.79 Å². The molecule has 2 aromatic carbocycles. The number of amides is 1. The molecule has 2 rings (SSSR count). The normalized spacial score (nSPS) is 10.2. The third-order valence-electron chi connectivity index (χ3n) is 2.84. The first-order valence-electron chi connectivity index (χ1n) is 6.60. The van der Waals surface area contributed by atoms with Gasteiger partial charge in [-0.2, -0.15) is 0 Å². The first-order valence-corrected chi connectivity index (χ1v) is 7.40. The van der Waals surface area contributed by atoms with Crippen LogP contribution < -0.4 is 15.8 Å². The van der Waals surface area contributed by atoms with Crippen LogP contribution in [0.1, 0.15) is 15.9 Å². The van der Waals surface area contributed by atoms with Crippen molar-refractivity contribution in [3.05, 3.63) is 58.1 Å². The number of ether oxygens (including phenoxy) is 1. The lowest BCUT2D eigenvalue weighted by atomic mass is 10.1. The highest BCUT2D eigenvalue weighted by Gasteiger charge is 2.10. The van der Waals surface area contributed by atoms with Gasteiger partial charge >= 0.3 is 0 Å². The molecule has 0 aromatic heterocycles. The number of carbonyl (C=O) groups is 1. The molecule has 5 heteroatoms. The smallest absolute Gasteiger partial charge is 0.256 e. The Kier molecular flexibility index (Phi) is 5.36. The second kappa shape index (κ2) is 7.24. The Hall–Kier alpha value is -1.85. The van der Waals surface area contributed by atoms with Crippen LogP contribution in [0.5, 0.6) is 5.75 Å². The van der Waals surface area contributed by atoms with E-state index in [1.54, 1.807) is 6.07 Å². The topological polar surface area (TPSA) is 64.3 Å². The van der Waals surface area contributed by atoms with E-state index in [0.717, 1.165) is 10.0 Å². The Morgan fingerprint density at radius 3 is 2.86 bits per heavy atom. The highest BCUT2D eigenvalue weighted by Crippen LogP contribution is 2.21. The summed E-state index contributed by atoms with van der Waals surface area (Å²) in [5.41, 5.74) is 7.72. The summed E-state index contributed by atoms with van der Waals surface area (Å²) < 4.78 is 6.21. The van der Waals surface area contributed by atoms with E-state index in [-0.39, 0.29) is 5.91 Å². The van der Waals surface area contributed by atoms with Crippen LogP contribution in [0.15, 0.2) is 46.9 Å². The van der Waals surface area contributed by atoms with Gasteiger partial charge in [0.2, 0.25) is 0 Å². The summed E-state index contributed by atoms with van der Waals surface area (Å²) in [5.74, 6) is 0.517. The van der Waals surface area contributed by atoms with Gasteiger partial charge in [0.15, 0.2) is 0 Å². The van der Waals surface area contributed by atoms with Crippen molar-refractivity contribution in [3.63, 3.8) is 0 Å². The molecule has 0 radical (unpaired) electrons. The number of hydrogen-bond acceptors (Lipinski definition) is 3. The van der Waals surface area contributed by atoms with E-state index in [0.29, 0.717) is 30.2 Å². The summed E-state index contributed by atoms with van der Waals surface area (Å²) in [4.78, 5) is 12.3. The number of carbonyl (C=O) groups excluding carboxylic acids is 1. The molecule has 3 N–H and O–H groups in total. The quantitative estimate of drug-likeness (QED) is 0.870. The Labute approximate surface area is 132 Å². The number of hydrogen-bond donors (Lipinski definition) is 2. The zero-order chi connectivity index (χ0) is 15.2. The lowest BCUT2D eigenvalue weighted by Gasteiger charge is -2.10. The summed E-state index contributed by atoms with van der Waals surface area (Å²) in [7, 11) is 0. The van der Waals surface area contributed by atoms with Crippen molar-refractivity contribution in [1.82, 2.24) is 0 Å². The molecule has 0 atom stereocenters. The number of benzene rings is 2. The van der Waals surface area contributed by atoms with Gasteiger partial charge in [0.1, 0.15) is 12.4 Å². The molecule has 1 amide bonds. The molecule has 0 aliphatic carbocycles. The molecule has 21 heavy (non-hydrogen) atoms. The van der Waals surface area contributed by atoms with Crippen molar-refractivity contribution in [2.24, 2.45) is 5.73 Å². The van der Waals surface area contributed by atoms with Gasteiger partial charge in [-0.05, 0) is 47.1 Å². The molecule has 110 valence electrons. The first-order chi connectivity index (χ1) is 10.1. The van der Waals surface area contributed by atoms with E-state index in [4.69, 9.17) is 10.5 Å². The molecule has 0 saturated heterocycles. The van der Waals surface area contributed by atoms with Crippen LogP contribution in [0.3, 0.4) is 0 Å². The second-order valence-corrected chi connectivity index (χ2v) is 5.46. The maximum absolute atomic E-state index is 12.3. The van der Waals surface area contributed by atoms with Gasteiger partial charge in [-0.3, -0.25) is 4.79 Å². The van der Waals surface area contributed by atoms with Gasteiger partial charge in [-0.25, -0.2) is 0 Å². The Bertz CT molecular complexity index is 644. The van der Waals surface area contributed by atoms with Gasteiger partial charge in [0, 0.05) is 22.8 Å². The standard InChI is InChI=1S/C16H17BrN2O2/c1-11-5-6-15(17)14(9-11)16(20)19-12-3-2-4-13(10-12)21-8-7-18/h2-6,9-10H,7-8,18H2,1H3,(H,19,20). The van der Waals surface area contributed by atoms with E-state index in [2.05, 4.69) is 21.2 Å². The van der Waals surface area contributed by atoms with Gasteiger partial charge in [0.25, 0.3) is 5.91 Å². The summed E-state index contributed by atoms with van der Waals surface area (Å²) in [6, 6.07) is 12.9. The summed E-state index contributed by atoms with van der Waals surface area (Å²) >= 11 is 3.39. The van der Waals surface area contributed by atoms with Gasteiger partial charge in [-0.15, -0.1) is 0 Å². The Morgan fingerprint density at radius 2 is 2.10 bits per heavy atom. The Morgan fingerprint density at radius 1 is 1.29 bits per heavy atom.